The molecule has 4 rings (SSSR count). The van der Waals surface area contributed by atoms with Gasteiger partial charge in [0.2, 0.25) is 10.0 Å². The molecule has 0 bridgehead atoms. The van der Waals surface area contributed by atoms with E-state index in [0.717, 1.165) is 0 Å². The molecule has 0 aliphatic carbocycles. The lowest BCUT2D eigenvalue weighted by Crippen LogP contribution is -2.52. The maximum Gasteiger partial charge on any atom is 0.254 e. The van der Waals surface area contributed by atoms with E-state index in [1.807, 2.05) is 21.7 Å². The Balaban J connectivity index is 1.58. The first-order valence-electron chi connectivity index (χ1n) is 9.98. The summed E-state index contributed by atoms with van der Waals surface area (Å²) in [6, 6.07) is 8.62. The summed E-state index contributed by atoms with van der Waals surface area (Å²) in [6.45, 7) is 2.54. The number of ether oxygens (including phenoxy) is 2. The maximum absolute atomic E-state index is 13.4. The van der Waals surface area contributed by atoms with Crippen LogP contribution in [-0.2, 0) is 14.8 Å². The van der Waals surface area contributed by atoms with Crippen molar-refractivity contribution in [1.82, 2.24) is 9.21 Å². The SMILES string of the molecule is COCCN1CC2(CCN(C(=O)c3ccsc3)CC2)COc2ccccc2S1(=O)=O. The number of nitrogens with zero attached hydrogens (tertiary/aromatic N) is 2. The van der Waals surface area contributed by atoms with Crippen molar-refractivity contribution < 1.29 is 22.7 Å². The summed E-state index contributed by atoms with van der Waals surface area (Å²) in [5.41, 5.74) is 0.364. The molecule has 3 heterocycles. The number of hydrogen-bond acceptors (Lipinski definition) is 6. The van der Waals surface area contributed by atoms with E-state index in [9.17, 15) is 13.2 Å². The minimum Gasteiger partial charge on any atom is -0.492 e. The summed E-state index contributed by atoms with van der Waals surface area (Å²) >= 11 is 1.51. The third kappa shape index (κ3) is 4.12. The highest BCUT2D eigenvalue weighted by molar-refractivity contribution is 7.89. The highest BCUT2D eigenvalue weighted by Crippen LogP contribution is 2.39. The van der Waals surface area contributed by atoms with Crippen LogP contribution in [0.2, 0.25) is 0 Å². The number of likely N-dealkylation sites (tertiary alicyclic amines) is 1. The number of para-hydroxylation sites is 1. The second-order valence-electron chi connectivity index (χ2n) is 7.87. The van der Waals surface area contributed by atoms with Gasteiger partial charge in [-0.3, -0.25) is 4.79 Å². The fraction of sp³-hybridized carbons (Fsp3) is 0.476. The van der Waals surface area contributed by atoms with Crippen LogP contribution in [0.25, 0.3) is 0 Å². The molecule has 0 radical (unpaired) electrons. The Morgan fingerprint density at radius 3 is 2.70 bits per heavy atom. The molecule has 0 atom stereocenters. The molecule has 1 fully saturated rings. The Kier molecular flexibility index (Phi) is 6.15. The molecule has 30 heavy (non-hydrogen) atoms. The fourth-order valence-corrected chi connectivity index (χ4v) is 6.40. The topological polar surface area (TPSA) is 76.2 Å². The van der Waals surface area contributed by atoms with Crippen molar-refractivity contribution in [2.45, 2.75) is 17.7 Å². The van der Waals surface area contributed by atoms with Gasteiger partial charge < -0.3 is 14.4 Å². The van der Waals surface area contributed by atoms with Crippen LogP contribution >= 0.6 is 11.3 Å². The monoisotopic (exact) mass is 450 g/mol. The molecule has 7 nitrogen and oxygen atoms in total. The second kappa shape index (κ2) is 8.66. The van der Waals surface area contributed by atoms with E-state index >= 15 is 0 Å². The number of benzene rings is 1. The van der Waals surface area contributed by atoms with Gasteiger partial charge in [0.15, 0.2) is 0 Å². The van der Waals surface area contributed by atoms with Gasteiger partial charge in [-0.25, -0.2) is 8.42 Å². The number of carbonyl (C=O) groups is 1. The number of fused-ring (bicyclic) bond motifs is 1. The zero-order chi connectivity index (χ0) is 21.2. The first kappa shape index (κ1) is 21.3. The summed E-state index contributed by atoms with van der Waals surface area (Å²) in [7, 11) is -2.14. The summed E-state index contributed by atoms with van der Waals surface area (Å²) in [5.74, 6) is 0.419. The van der Waals surface area contributed by atoms with Gasteiger partial charge in [-0.05, 0) is 36.4 Å². The molecule has 0 N–H and O–H groups in total. The van der Waals surface area contributed by atoms with E-state index in [1.165, 1.54) is 15.6 Å². The van der Waals surface area contributed by atoms with E-state index in [1.54, 1.807) is 31.4 Å². The zero-order valence-electron chi connectivity index (χ0n) is 17.0. The quantitative estimate of drug-likeness (QED) is 0.716. The summed E-state index contributed by atoms with van der Waals surface area (Å²) in [4.78, 5) is 14.8. The van der Waals surface area contributed by atoms with Crippen molar-refractivity contribution in [2.24, 2.45) is 5.41 Å². The number of amides is 1. The predicted octanol–water partition coefficient (Wildman–Crippen LogP) is 2.70. The minimum absolute atomic E-state index is 0.0343. The molecule has 2 aliphatic heterocycles. The third-order valence-electron chi connectivity index (χ3n) is 5.94. The average Bonchev–Trinajstić information content (AvgIpc) is 3.30. The van der Waals surface area contributed by atoms with Gasteiger partial charge in [0.1, 0.15) is 10.6 Å². The Morgan fingerprint density at radius 1 is 1.23 bits per heavy atom. The Labute approximate surface area is 181 Å². The van der Waals surface area contributed by atoms with Gasteiger partial charge in [-0.15, -0.1) is 0 Å². The highest BCUT2D eigenvalue weighted by Gasteiger charge is 2.43. The molecule has 2 aromatic rings. The zero-order valence-corrected chi connectivity index (χ0v) is 18.6. The third-order valence-corrected chi connectivity index (χ3v) is 8.50. The summed E-state index contributed by atoms with van der Waals surface area (Å²) < 4.78 is 39.5. The smallest absolute Gasteiger partial charge is 0.254 e. The highest BCUT2D eigenvalue weighted by atomic mass is 32.2. The van der Waals surface area contributed by atoms with Crippen LogP contribution in [-0.4, -0.2) is 70.0 Å². The van der Waals surface area contributed by atoms with Gasteiger partial charge in [-0.1, -0.05) is 12.1 Å². The first-order valence-corrected chi connectivity index (χ1v) is 12.4. The average molecular weight is 451 g/mol. The minimum atomic E-state index is -3.71. The molecule has 2 aliphatic rings. The van der Waals surface area contributed by atoms with E-state index in [0.29, 0.717) is 57.0 Å². The number of carbonyl (C=O) groups excluding carboxylic acids is 1. The van der Waals surface area contributed by atoms with Crippen molar-refractivity contribution in [3.05, 3.63) is 46.7 Å². The van der Waals surface area contributed by atoms with Crippen LogP contribution in [0, 0.1) is 5.41 Å². The number of thiophene rings is 1. The Morgan fingerprint density at radius 2 is 2.00 bits per heavy atom. The Bertz CT molecular complexity index is 983. The van der Waals surface area contributed by atoms with Crippen LogP contribution in [0.15, 0.2) is 46.0 Å². The number of rotatable bonds is 4. The molecule has 0 saturated carbocycles. The van der Waals surface area contributed by atoms with Crippen molar-refractivity contribution in [3.8, 4) is 5.75 Å². The maximum atomic E-state index is 13.4. The fourth-order valence-electron chi connectivity index (χ4n) is 4.10. The van der Waals surface area contributed by atoms with E-state index < -0.39 is 10.0 Å². The molecular weight excluding hydrogens is 424 g/mol. The lowest BCUT2D eigenvalue weighted by molar-refractivity contribution is 0.0276. The lowest BCUT2D eigenvalue weighted by Gasteiger charge is -2.44. The second-order valence-corrected chi connectivity index (χ2v) is 10.6. The molecule has 1 aromatic heterocycles. The molecule has 0 unspecified atom stereocenters. The largest absolute Gasteiger partial charge is 0.492 e. The number of sulfonamides is 1. The molecule has 162 valence electrons. The van der Waals surface area contributed by atoms with Crippen LogP contribution in [0.1, 0.15) is 23.2 Å². The van der Waals surface area contributed by atoms with Crippen molar-refractivity contribution in [2.75, 3.05) is 46.5 Å². The summed E-state index contributed by atoms with van der Waals surface area (Å²) in [5, 5.41) is 3.76. The number of piperidine rings is 1. The van der Waals surface area contributed by atoms with Gasteiger partial charge in [0.25, 0.3) is 5.91 Å². The van der Waals surface area contributed by atoms with Crippen molar-refractivity contribution >= 4 is 27.3 Å². The lowest BCUT2D eigenvalue weighted by atomic mass is 9.78. The molecule has 1 aromatic carbocycles. The van der Waals surface area contributed by atoms with Crippen molar-refractivity contribution in [3.63, 3.8) is 0 Å². The van der Waals surface area contributed by atoms with Gasteiger partial charge in [0, 0.05) is 44.1 Å². The molecule has 1 saturated heterocycles. The predicted molar refractivity (Wildman–Crippen MR) is 114 cm³/mol. The first-order chi connectivity index (χ1) is 14.5. The van der Waals surface area contributed by atoms with E-state index in [2.05, 4.69) is 0 Å². The van der Waals surface area contributed by atoms with Gasteiger partial charge in [-0.2, -0.15) is 15.6 Å². The van der Waals surface area contributed by atoms with Gasteiger partial charge in [0.05, 0.1) is 18.8 Å². The normalized spacial score (nSPS) is 20.8. The number of hydrogen-bond donors (Lipinski definition) is 0. The van der Waals surface area contributed by atoms with E-state index in [4.69, 9.17) is 9.47 Å². The number of methoxy groups -OCH3 is 1. The summed E-state index contributed by atoms with van der Waals surface area (Å²) in [6.07, 6.45) is 1.37. The van der Waals surface area contributed by atoms with Crippen LogP contribution < -0.4 is 4.74 Å². The van der Waals surface area contributed by atoms with Crippen LogP contribution in [0.3, 0.4) is 0 Å². The standard InChI is InChI=1S/C21H26N2O5S2/c1-27-12-11-23-15-21(16-28-18-4-2-3-5-19(18)30(23,25)26)7-9-22(10-8-21)20(24)17-6-13-29-14-17/h2-6,13-14H,7-12,15-16H2,1H3. The van der Waals surface area contributed by atoms with E-state index in [-0.39, 0.29) is 22.8 Å². The van der Waals surface area contributed by atoms with Crippen LogP contribution in [0.4, 0.5) is 0 Å². The van der Waals surface area contributed by atoms with Gasteiger partial charge >= 0.3 is 0 Å². The Hall–Kier alpha value is -1.94. The molecular formula is C21H26N2O5S2. The molecule has 9 heteroatoms. The molecule has 1 amide bonds. The molecule has 1 spiro atoms. The van der Waals surface area contributed by atoms with Crippen LogP contribution in [0.5, 0.6) is 5.75 Å². The van der Waals surface area contributed by atoms with Crippen molar-refractivity contribution in [1.29, 1.82) is 0 Å².